The van der Waals surface area contributed by atoms with E-state index in [1.54, 1.807) is 11.3 Å². The summed E-state index contributed by atoms with van der Waals surface area (Å²) in [6.07, 6.45) is 5.10. The van der Waals surface area contributed by atoms with Crippen molar-refractivity contribution in [2.75, 3.05) is 0 Å². The molecule has 2 aliphatic rings. The molecule has 2 unspecified atom stereocenters. The summed E-state index contributed by atoms with van der Waals surface area (Å²) in [6, 6.07) is 4.13. The first kappa shape index (κ1) is 8.01. The van der Waals surface area contributed by atoms with Crippen LogP contribution < -0.4 is 0 Å². The maximum atomic E-state index is 10.5. The molecule has 2 fully saturated rings. The predicted octanol–water partition coefficient (Wildman–Crippen LogP) is 2.76. The van der Waals surface area contributed by atoms with Gasteiger partial charge in [-0.2, -0.15) is 0 Å². The van der Waals surface area contributed by atoms with Gasteiger partial charge in [-0.1, -0.05) is 18.9 Å². The van der Waals surface area contributed by atoms with E-state index in [1.165, 1.54) is 30.6 Å². The van der Waals surface area contributed by atoms with Crippen LogP contribution >= 0.6 is 11.3 Å². The summed E-state index contributed by atoms with van der Waals surface area (Å²) in [5.74, 6) is 1.17. The highest BCUT2D eigenvalue weighted by atomic mass is 32.1. The molecule has 0 spiro atoms. The topological polar surface area (TPSA) is 20.2 Å². The monoisotopic (exact) mass is 194 g/mol. The van der Waals surface area contributed by atoms with Crippen LogP contribution in [0.4, 0.5) is 0 Å². The van der Waals surface area contributed by atoms with Crippen LogP contribution in [-0.4, -0.2) is 5.11 Å². The zero-order valence-corrected chi connectivity index (χ0v) is 8.39. The summed E-state index contributed by atoms with van der Waals surface area (Å²) in [5, 5.41) is 12.5. The van der Waals surface area contributed by atoms with E-state index >= 15 is 0 Å². The van der Waals surface area contributed by atoms with Crippen molar-refractivity contribution in [1.82, 2.24) is 0 Å². The molecule has 0 amide bonds. The van der Waals surface area contributed by atoms with Gasteiger partial charge in [0.15, 0.2) is 0 Å². The zero-order chi connectivity index (χ0) is 8.89. The van der Waals surface area contributed by atoms with E-state index in [0.717, 1.165) is 0 Å². The fourth-order valence-corrected chi connectivity index (χ4v) is 3.92. The number of rotatable bonds is 1. The molecule has 2 atom stereocenters. The molecule has 1 nitrogen and oxygen atoms in total. The Labute approximate surface area is 82.4 Å². The van der Waals surface area contributed by atoms with E-state index < -0.39 is 5.60 Å². The minimum Gasteiger partial charge on any atom is -0.384 e. The number of fused-ring (bicyclic) bond motifs is 1. The van der Waals surface area contributed by atoms with Crippen LogP contribution in [0.3, 0.4) is 0 Å². The van der Waals surface area contributed by atoms with Crippen LogP contribution in [0.15, 0.2) is 17.5 Å². The third-order valence-corrected chi connectivity index (χ3v) is 4.71. The average Bonchev–Trinajstić information content (AvgIpc) is 2.62. The van der Waals surface area contributed by atoms with Gasteiger partial charge in [-0.05, 0) is 36.1 Å². The van der Waals surface area contributed by atoms with Crippen molar-refractivity contribution in [3.63, 3.8) is 0 Å². The molecule has 70 valence electrons. The molecule has 0 bridgehead atoms. The first-order valence-electron chi connectivity index (χ1n) is 5.10. The van der Waals surface area contributed by atoms with Crippen molar-refractivity contribution in [2.45, 2.75) is 31.3 Å². The summed E-state index contributed by atoms with van der Waals surface area (Å²) in [7, 11) is 0. The van der Waals surface area contributed by atoms with Crippen LogP contribution in [-0.2, 0) is 5.60 Å². The van der Waals surface area contributed by atoms with Gasteiger partial charge >= 0.3 is 0 Å². The van der Waals surface area contributed by atoms with E-state index in [4.69, 9.17) is 0 Å². The maximum absolute atomic E-state index is 10.5. The largest absolute Gasteiger partial charge is 0.384 e. The third-order valence-electron chi connectivity index (χ3n) is 3.70. The molecule has 2 aliphatic carbocycles. The van der Waals surface area contributed by atoms with E-state index in [-0.39, 0.29) is 0 Å². The molecule has 1 aromatic heterocycles. The summed E-state index contributed by atoms with van der Waals surface area (Å²) < 4.78 is 0. The van der Waals surface area contributed by atoms with Crippen molar-refractivity contribution in [3.8, 4) is 0 Å². The fraction of sp³-hybridized carbons (Fsp3) is 0.636. The van der Waals surface area contributed by atoms with Gasteiger partial charge in [0.25, 0.3) is 0 Å². The molecule has 13 heavy (non-hydrogen) atoms. The Morgan fingerprint density at radius 1 is 1.31 bits per heavy atom. The van der Waals surface area contributed by atoms with Gasteiger partial charge in [0, 0.05) is 4.88 Å². The van der Waals surface area contributed by atoms with Crippen molar-refractivity contribution < 1.29 is 5.11 Å². The van der Waals surface area contributed by atoms with Gasteiger partial charge < -0.3 is 5.11 Å². The van der Waals surface area contributed by atoms with Crippen LogP contribution in [0.5, 0.6) is 0 Å². The highest BCUT2D eigenvalue weighted by Crippen LogP contribution is 2.65. The molecule has 0 aliphatic heterocycles. The van der Waals surface area contributed by atoms with Gasteiger partial charge in [0.05, 0.1) is 0 Å². The lowest BCUT2D eigenvalue weighted by atomic mass is 10.0. The van der Waals surface area contributed by atoms with Crippen LogP contribution in [0.25, 0.3) is 0 Å². The van der Waals surface area contributed by atoms with Gasteiger partial charge in [-0.3, -0.25) is 0 Å². The predicted molar refractivity (Wildman–Crippen MR) is 53.7 cm³/mol. The lowest BCUT2D eigenvalue weighted by molar-refractivity contribution is 0.122. The maximum Gasteiger partial charge on any atom is 0.105 e. The molecule has 1 heterocycles. The normalized spacial score (nSPS) is 42.8. The van der Waals surface area contributed by atoms with Crippen molar-refractivity contribution in [2.24, 2.45) is 11.8 Å². The lowest BCUT2D eigenvalue weighted by Gasteiger charge is -2.06. The third kappa shape index (κ3) is 0.960. The Morgan fingerprint density at radius 3 is 2.54 bits per heavy atom. The van der Waals surface area contributed by atoms with Crippen molar-refractivity contribution in [1.29, 1.82) is 0 Å². The molecular formula is C11H14OS. The Balaban J connectivity index is 1.92. The van der Waals surface area contributed by atoms with Gasteiger partial charge in [0.2, 0.25) is 0 Å². The number of hydrogen-bond acceptors (Lipinski definition) is 2. The summed E-state index contributed by atoms with van der Waals surface area (Å²) in [5.41, 5.74) is -0.412. The molecular weight excluding hydrogens is 180 g/mol. The van der Waals surface area contributed by atoms with Crippen LogP contribution in [0.2, 0.25) is 0 Å². The molecule has 2 heteroatoms. The second-order valence-corrected chi connectivity index (χ2v) is 5.25. The molecule has 0 aromatic carbocycles. The summed E-state index contributed by atoms with van der Waals surface area (Å²) >= 11 is 1.71. The Bertz CT molecular complexity index is 292. The van der Waals surface area contributed by atoms with Gasteiger partial charge in [-0.25, -0.2) is 0 Å². The lowest BCUT2D eigenvalue weighted by Crippen LogP contribution is -2.07. The first-order chi connectivity index (χ1) is 6.33. The number of hydrogen-bond donors (Lipinski definition) is 1. The molecule has 1 aromatic rings. The average molecular weight is 194 g/mol. The molecule has 1 N–H and O–H groups in total. The van der Waals surface area contributed by atoms with Crippen LogP contribution in [0.1, 0.15) is 30.6 Å². The number of aliphatic hydroxyl groups is 1. The molecule has 0 radical (unpaired) electrons. The molecule has 2 saturated carbocycles. The summed E-state index contributed by atoms with van der Waals surface area (Å²) in [4.78, 5) is 1.20. The van der Waals surface area contributed by atoms with E-state index in [9.17, 15) is 5.11 Å². The highest BCUT2D eigenvalue weighted by molar-refractivity contribution is 7.10. The highest BCUT2D eigenvalue weighted by Gasteiger charge is 2.65. The van der Waals surface area contributed by atoms with Crippen LogP contribution in [0, 0.1) is 11.8 Å². The Hall–Kier alpha value is -0.340. The zero-order valence-electron chi connectivity index (χ0n) is 7.57. The van der Waals surface area contributed by atoms with E-state index in [0.29, 0.717) is 11.8 Å². The van der Waals surface area contributed by atoms with E-state index in [1.807, 2.05) is 6.07 Å². The standard InChI is InChI=1S/C11H14OS/c12-11(10-6-3-7-13-10)8-4-1-2-5-9(8)11/h3,6-9,12H,1-2,4-5H2. The minimum absolute atomic E-state index is 0.412. The summed E-state index contributed by atoms with van der Waals surface area (Å²) in [6.45, 7) is 0. The van der Waals surface area contributed by atoms with Crippen molar-refractivity contribution >= 4 is 11.3 Å². The minimum atomic E-state index is -0.412. The molecule has 0 saturated heterocycles. The van der Waals surface area contributed by atoms with Crippen molar-refractivity contribution in [3.05, 3.63) is 22.4 Å². The Morgan fingerprint density at radius 2 is 2.00 bits per heavy atom. The first-order valence-corrected chi connectivity index (χ1v) is 5.98. The van der Waals surface area contributed by atoms with Gasteiger partial charge in [0.1, 0.15) is 5.60 Å². The fourth-order valence-electron chi connectivity index (χ4n) is 2.96. The molecule has 3 rings (SSSR count). The smallest absolute Gasteiger partial charge is 0.105 e. The van der Waals surface area contributed by atoms with Gasteiger partial charge in [-0.15, -0.1) is 11.3 Å². The SMILES string of the molecule is OC1(c2cccs2)C2CCCCC21. The van der Waals surface area contributed by atoms with E-state index in [2.05, 4.69) is 11.4 Å². The Kier molecular flexibility index (Phi) is 1.59. The number of thiophene rings is 1. The quantitative estimate of drug-likeness (QED) is 0.729. The second kappa shape index (κ2) is 2.58. The second-order valence-electron chi connectivity index (χ2n) is 4.30.